The molecular formula is C7H16ClNSi. The highest BCUT2D eigenvalue weighted by atomic mass is 35.5. The van der Waals surface area contributed by atoms with Crippen LogP contribution in [0.3, 0.4) is 0 Å². The SMILES string of the molecule is CN(CC=CCl)[Si](C)(C)C. The largest absolute Gasteiger partial charge is 0.323 e. The Balaban J connectivity index is 3.73. The van der Waals surface area contributed by atoms with Gasteiger partial charge < -0.3 is 4.57 Å². The molecule has 0 amide bonds. The fraction of sp³-hybridized carbons (Fsp3) is 0.714. The number of nitrogens with zero attached hydrogens (tertiary/aromatic N) is 1. The first kappa shape index (κ1) is 10.2. The topological polar surface area (TPSA) is 3.24 Å². The molecule has 0 saturated carbocycles. The van der Waals surface area contributed by atoms with Gasteiger partial charge >= 0.3 is 0 Å². The van der Waals surface area contributed by atoms with Crippen molar-refractivity contribution in [3.8, 4) is 0 Å². The third kappa shape index (κ3) is 4.09. The number of rotatable bonds is 3. The van der Waals surface area contributed by atoms with Gasteiger partial charge in [-0.25, -0.2) is 0 Å². The van der Waals surface area contributed by atoms with Gasteiger partial charge in [0.25, 0.3) is 0 Å². The molecule has 0 N–H and O–H groups in total. The van der Waals surface area contributed by atoms with Crippen molar-refractivity contribution in [1.29, 1.82) is 0 Å². The molecule has 0 aliphatic rings. The lowest BCUT2D eigenvalue weighted by Crippen LogP contribution is -2.42. The lowest BCUT2D eigenvalue weighted by Gasteiger charge is -2.28. The molecule has 3 heteroatoms. The zero-order valence-corrected chi connectivity index (χ0v) is 8.94. The lowest BCUT2D eigenvalue weighted by molar-refractivity contribution is 0.569. The maximum Gasteiger partial charge on any atom is 0.119 e. The van der Waals surface area contributed by atoms with Crippen LogP contribution in [0.15, 0.2) is 11.6 Å². The molecule has 0 aromatic rings. The predicted molar refractivity (Wildman–Crippen MR) is 51.0 cm³/mol. The molecule has 0 fully saturated rings. The predicted octanol–water partition coefficient (Wildman–Crippen LogP) is 2.51. The Morgan fingerprint density at radius 3 is 2.20 bits per heavy atom. The molecule has 0 aliphatic heterocycles. The van der Waals surface area contributed by atoms with Gasteiger partial charge in [0.05, 0.1) is 0 Å². The van der Waals surface area contributed by atoms with Crippen LogP contribution in [0.1, 0.15) is 0 Å². The standard InChI is InChI=1S/C7H16ClNSi/c1-9(7-5-6-8)10(2,3)4/h5-6H,7H2,1-4H3. The minimum Gasteiger partial charge on any atom is -0.323 e. The van der Waals surface area contributed by atoms with Crippen molar-refractivity contribution < 1.29 is 0 Å². The summed E-state index contributed by atoms with van der Waals surface area (Å²) in [5.41, 5.74) is 1.58. The summed E-state index contributed by atoms with van der Waals surface area (Å²) in [4.78, 5) is 0. The molecule has 0 unspecified atom stereocenters. The van der Waals surface area contributed by atoms with Crippen LogP contribution in [-0.2, 0) is 0 Å². The third-order valence-electron chi connectivity index (χ3n) is 1.61. The zero-order valence-electron chi connectivity index (χ0n) is 7.19. The number of hydrogen-bond donors (Lipinski definition) is 0. The molecule has 0 rings (SSSR count). The Morgan fingerprint density at radius 2 is 1.90 bits per heavy atom. The minimum atomic E-state index is -1.07. The molecular weight excluding hydrogens is 162 g/mol. The fourth-order valence-corrected chi connectivity index (χ4v) is 1.20. The maximum absolute atomic E-state index is 5.40. The molecule has 0 saturated heterocycles. The summed E-state index contributed by atoms with van der Waals surface area (Å²) in [7, 11) is 1.07. The summed E-state index contributed by atoms with van der Waals surface area (Å²) >= 11 is 5.40. The summed E-state index contributed by atoms with van der Waals surface area (Å²) in [6.07, 6.45) is 1.97. The van der Waals surface area contributed by atoms with Gasteiger partial charge in [-0.15, -0.1) is 0 Å². The Bertz CT molecular complexity index is 117. The Hall–Kier alpha value is 0.207. The van der Waals surface area contributed by atoms with Crippen LogP contribution in [0, 0.1) is 0 Å². The van der Waals surface area contributed by atoms with Crippen molar-refractivity contribution in [3.05, 3.63) is 11.6 Å². The van der Waals surface area contributed by atoms with E-state index in [0.29, 0.717) is 0 Å². The van der Waals surface area contributed by atoms with Crippen LogP contribution >= 0.6 is 11.6 Å². The van der Waals surface area contributed by atoms with Gasteiger partial charge in [-0.2, -0.15) is 0 Å². The second kappa shape index (κ2) is 4.16. The van der Waals surface area contributed by atoms with Gasteiger partial charge in [-0.3, -0.25) is 0 Å². The summed E-state index contributed by atoms with van der Waals surface area (Å²) in [6.45, 7) is 7.92. The second-order valence-electron chi connectivity index (χ2n) is 3.41. The highest BCUT2D eigenvalue weighted by Gasteiger charge is 2.17. The third-order valence-corrected chi connectivity index (χ3v) is 4.26. The van der Waals surface area contributed by atoms with Crippen LogP contribution in [0.4, 0.5) is 0 Å². The summed E-state index contributed by atoms with van der Waals surface area (Å²) < 4.78 is 2.37. The molecule has 0 aliphatic carbocycles. The van der Waals surface area contributed by atoms with Crippen LogP contribution in [-0.4, -0.2) is 26.4 Å². The van der Waals surface area contributed by atoms with Crippen molar-refractivity contribution in [3.63, 3.8) is 0 Å². The lowest BCUT2D eigenvalue weighted by atomic mass is 10.6. The van der Waals surface area contributed by atoms with Gasteiger partial charge in [0, 0.05) is 12.1 Å². The average molecular weight is 178 g/mol. The molecule has 0 atom stereocenters. The highest BCUT2D eigenvalue weighted by molar-refractivity contribution is 6.73. The van der Waals surface area contributed by atoms with E-state index in [4.69, 9.17) is 11.6 Å². The van der Waals surface area contributed by atoms with E-state index in [0.717, 1.165) is 6.54 Å². The van der Waals surface area contributed by atoms with E-state index in [9.17, 15) is 0 Å². The molecule has 1 nitrogen and oxygen atoms in total. The molecule has 0 aromatic heterocycles. The van der Waals surface area contributed by atoms with Crippen LogP contribution in [0.2, 0.25) is 19.6 Å². The first-order valence-corrected chi connectivity index (χ1v) is 7.33. The van der Waals surface area contributed by atoms with Gasteiger partial charge in [0.1, 0.15) is 8.24 Å². The molecule has 0 spiro atoms. The first-order valence-electron chi connectivity index (χ1n) is 3.45. The Morgan fingerprint density at radius 1 is 1.40 bits per heavy atom. The average Bonchev–Trinajstić information content (AvgIpc) is 1.80. The summed E-state index contributed by atoms with van der Waals surface area (Å²) in [5.74, 6) is 0. The number of likely N-dealkylation sites (N-methyl/N-ethyl adjacent to an activating group) is 1. The van der Waals surface area contributed by atoms with Gasteiger partial charge in [-0.1, -0.05) is 37.3 Å². The molecule has 0 bridgehead atoms. The normalized spacial score (nSPS) is 13.4. The van der Waals surface area contributed by atoms with Crippen molar-refractivity contribution in [2.45, 2.75) is 19.6 Å². The summed E-state index contributed by atoms with van der Waals surface area (Å²) in [5, 5.41) is 0. The second-order valence-corrected chi connectivity index (χ2v) is 8.77. The fourth-order valence-electron chi connectivity index (χ4n) is 0.472. The van der Waals surface area contributed by atoms with Crippen molar-refractivity contribution in [2.75, 3.05) is 13.6 Å². The Kier molecular flexibility index (Phi) is 4.25. The van der Waals surface area contributed by atoms with E-state index in [1.807, 2.05) is 6.08 Å². The molecule has 60 valence electrons. The number of hydrogen-bond acceptors (Lipinski definition) is 1. The van der Waals surface area contributed by atoms with E-state index in [1.54, 1.807) is 5.54 Å². The first-order chi connectivity index (χ1) is 4.48. The quantitative estimate of drug-likeness (QED) is 0.599. The molecule has 0 heterocycles. The molecule has 0 radical (unpaired) electrons. The van der Waals surface area contributed by atoms with Crippen molar-refractivity contribution in [2.24, 2.45) is 0 Å². The summed E-state index contributed by atoms with van der Waals surface area (Å²) in [6, 6.07) is 0. The zero-order chi connectivity index (χ0) is 8.20. The minimum absolute atomic E-state index is 0.971. The Labute approximate surface area is 69.8 Å². The van der Waals surface area contributed by atoms with E-state index in [2.05, 4.69) is 31.3 Å². The van der Waals surface area contributed by atoms with E-state index in [-0.39, 0.29) is 0 Å². The van der Waals surface area contributed by atoms with E-state index >= 15 is 0 Å². The highest BCUT2D eigenvalue weighted by Crippen LogP contribution is 2.05. The van der Waals surface area contributed by atoms with Gasteiger partial charge in [0.15, 0.2) is 0 Å². The molecule has 0 aromatic carbocycles. The van der Waals surface area contributed by atoms with Gasteiger partial charge in [-0.05, 0) is 7.05 Å². The monoisotopic (exact) mass is 177 g/mol. The van der Waals surface area contributed by atoms with Gasteiger partial charge in [0.2, 0.25) is 0 Å². The molecule has 10 heavy (non-hydrogen) atoms. The number of halogens is 1. The van der Waals surface area contributed by atoms with Crippen LogP contribution < -0.4 is 0 Å². The van der Waals surface area contributed by atoms with Crippen molar-refractivity contribution >= 4 is 19.8 Å². The maximum atomic E-state index is 5.40. The van der Waals surface area contributed by atoms with Crippen molar-refractivity contribution in [1.82, 2.24) is 4.57 Å². The van der Waals surface area contributed by atoms with Crippen LogP contribution in [0.5, 0.6) is 0 Å². The smallest absolute Gasteiger partial charge is 0.119 e. The van der Waals surface area contributed by atoms with E-state index < -0.39 is 8.24 Å². The van der Waals surface area contributed by atoms with E-state index in [1.165, 1.54) is 0 Å². The van der Waals surface area contributed by atoms with Crippen LogP contribution in [0.25, 0.3) is 0 Å².